The molecular formula is C20H33N. The van der Waals surface area contributed by atoms with Crippen molar-refractivity contribution in [2.45, 2.75) is 79.2 Å². The fourth-order valence-corrected chi connectivity index (χ4v) is 3.75. The summed E-state index contributed by atoms with van der Waals surface area (Å²) in [7, 11) is 0. The van der Waals surface area contributed by atoms with Crippen molar-refractivity contribution in [2.24, 2.45) is 11.3 Å². The molecule has 1 nitrogen and oxygen atoms in total. The molecule has 21 heavy (non-hydrogen) atoms. The Morgan fingerprint density at radius 3 is 2.52 bits per heavy atom. The lowest BCUT2D eigenvalue weighted by Gasteiger charge is -2.30. The van der Waals surface area contributed by atoms with Crippen molar-refractivity contribution >= 4 is 5.69 Å². The van der Waals surface area contributed by atoms with Crippen LogP contribution in [0.2, 0.25) is 0 Å². The van der Waals surface area contributed by atoms with Crippen LogP contribution in [0.3, 0.4) is 0 Å². The third-order valence-electron chi connectivity index (χ3n) is 5.28. The molecule has 0 bridgehead atoms. The Kier molecular flexibility index (Phi) is 5.35. The first kappa shape index (κ1) is 16.4. The third-order valence-corrected chi connectivity index (χ3v) is 5.28. The highest BCUT2D eigenvalue weighted by Crippen LogP contribution is 2.37. The number of para-hydroxylation sites is 1. The van der Waals surface area contributed by atoms with Gasteiger partial charge < -0.3 is 5.32 Å². The van der Waals surface area contributed by atoms with E-state index in [0.717, 1.165) is 12.3 Å². The van der Waals surface area contributed by atoms with Gasteiger partial charge in [-0.3, -0.25) is 0 Å². The highest BCUT2D eigenvalue weighted by molar-refractivity contribution is 5.57. The van der Waals surface area contributed by atoms with Crippen molar-refractivity contribution < 1.29 is 0 Å². The topological polar surface area (TPSA) is 12.0 Å². The first-order valence-corrected chi connectivity index (χ1v) is 8.77. The summed E-state index contributed by atoms with van der Waals surface area (Å²) in [6.07, 6.45) is 7.89. The zero-order chi connectivity index (χ0) is 15.5. The van der Waals surface area contributed by atoms with E-state index in [-0.39, 0.29) is 0 Å². The molecule has 0 aromatic heterocycles. The maximum atomic E-state index is 3.88. The van der Waals surface area contributed by atoms with E-state index in [2.05, 4.69) is 58.1 Å². The third kappa shape index (κ3) is 4.25. The number of anilines is 1. The van der Waals surface area contributed by atoms with Gasteiger partial charge in [-0.2, -0.15) is 0 Å². The monoisotopic (exact) mass is 287 g/mol. The summed E-state index contributed by atoms with van der Waals surface area (Å²) < 4.78 is 0. The van der Waals surface area contributed by atoms with E-state index >= 15 is 0 Å². The van der Waals surface area contributed by atoms with Crippen LogP contribution in [0.4, 0.5) is 5.69 Å². The Morgan fingerprint density at radius 2 is 1.86 bits per heavy atom. The van der Waals surface area contributed by atoms with Crippen LogP contribution in [0.25, 0.3) is 0 Å². The number of nitrogens with one attached hydrogen (secondary N) is 1. The molecule has 0 spiro atoms. The highest BCUT2D eigenvalue weighted by atomic mass is 14.9. The van der Waals surface area contributed by atoms with E-state index in [4.69, 9.17) is 0 Å². The summed E-state index contributed by atoms with van der Waals surface area (Å²) in [5.74, 6) is 0.881. The molecule has 1 aliphatic rings. The highest BCUT2D eigenvalue weighted by Gasteiger charge is 2.27. The standard InChI is InChI=1S/C20H33N/c1-6-16-10-7-9-15(2)19(16)21-18-12-8-11-17(13-14-18)20(3,4)5/h7,9-10,17-18,21H,6,8,11-14H2,1-5H3. The minimum atomic E-state index is 0.464. The molecule has 1 aliphatic carbocycles. The lowest BCUT2D eigenvalue weighted by atomic mass is 9.76. The van der Waals surface area contributed by atoms with Crippen molar-refractivity contribution in [1.29, 1.82) is 0 Å². The molecule has 1 aromatic carbocycles. The number of hydrogen-bond acceptors (Lipinski definition) is 1. The minimum absolute atomic E-state index is 0.464. The van der Waals surface area contributed by atoms with Gasteiger partial charge in [0.05, 0.1) is 0 Å². The predicted molar refractivity (Wildman–Crippen MR) is 94.0 cm³/mol. The second kappa shape index (κ2) is 6.85. The van der Waals surface area contributed by atoms with Gasteiger partial charge in [0.15, 0.2) is 0 Å². The Morgan fingerprint density at radius 1 is 1.10 bits per heavy atom. The van der Waals surface area contributed by atoms with Crippen molar-refractivity contribution in [3.63, 3.8) is 0 Å². The summed E-state index contributed by atoms with van der Waals surface area (Å²) in [4.78, 5) is 0. The number of aryl methyl sites for hydroxylation is 2. The van der Waals surface area contributed by atoms with Crippen molar-refractivity contribution in [2.75, 3.05) is 5.32 Å². The second-order valence-electron chi connectivity index (χ2n) is 7.88. The van der Waals surface area contributed by atoms with E-state index in [1.54, 1.807) is 0 Å². The summed E-state index contributed by atoms with van der Waals surface area (Å²) >= 11 is 0. The van der Waals surface area contributed by atoms with Gasteiger partial charge in [0.2, 0.25) is 0 Å². The maximum Gasteiger partial charge on any atom is 0.0404 e. The van der Waals surface area contributed by atoms with Gasteiger partial charge in [-0.15, -0.1) is 0 Å². The smallest absolute Gasteiger partial charge is 0.0404 e. The first-order valence-electron chi connectivity index (χ1n) is 8.77. The van der Waals surface area contributed by atoms with Crippen molar-refractivity contribution in [3.05, 3.63) is 29.3 Å². The SMILES string of the molecule is CCc1cccc(C)c1NC1CCCC(C(C)(C)C)CC1. The van der Waals surface area contributed by atoms with Gasteiger partial charge in [-0.1, -0.05) is 52.3 Å². The molecule has 0 aliphatic heterocycles. The number of benzene rings is 1. The Bertz CT molecular complexity index is 455. The maximum absolute atomic E-state index is 3.88. The molecule has 2 atom stereocenters. The molecule has 2 unspecified atom stereocenters. The van der Waals surface area contributed by atoms with Gasteiger partial charge in [0.25, 0.3) is 0 Å². The van der Waals surface area contributed by atoms with Crippen LogP contribution in [-0.2, 0) is 6.42 Å². The van der Waals surface area contributed by atoms with Crippen LogP contribution < -0.4 is 5.32 Å². The van der Waals surface area contributed by atoms with E-state index in [0.29, 0.717) is 11.5 Å². The van der Waals surface area contributed by atoms with E-state index in [1.807, 2.05) is 0 Å². The second-order valence-corrected chi connectivity index (χ2v) is 7.88. The quantitative estimate of drug-likeness (QED) is 0.676. The summed E-state index contributed by atoms with van der Waals surface area (Å²) in [6.45, 7) is 11.7. The summed E-state index contributed by atoms with van der Waals surface area (Å²) in [5, 5.41) is 3.88. The van der Waals surface area contributed by atoms with Gasteiger partial charge in [-0.25, -0.2) is 0 Å². The molecule has 1 fully saturated rings. The lowest BCUT2D eigenvalue weighted by Crippen LogP contribution is -2.22. The normalized spacial score (nSPS) is 23.7. The minimum Gasteiger partial charge on any atom is -0.382 e. The van der Waals surface area contributed by atoms with Gasteiger partial charge in [0.1, 0.15) is 0 Å². The predicted octanol–water partition coefficient (Wildman–Crippen LogP) is 5.96. The molecule has 0 amide bonds. The molecule has 0 heterocycles. The first-order chi connectivity index (χ1) is 9.91. The fourth-order valence-electron chi connectivity index (χ4n) is 3.75. The van der Waals surface area contributed by atoms with E-state index < -0.39 is 0 Å². The molecule has 2 rings (SSSR count). The van der Waals surface area contributed by atoms with Crippen LogP contribution in [0.5, 0.6) is 0 Å². The molecule has 0 radical (unpaired) electrons. The molecule has 1 heteroatoms. The van der Waals surface area contributed by atoms with Crippen LogP contribution in [0.15, 0.2) is 18.2 Å². The largest absolute Gasteiger partial charge is 0.382 e. The van der Waals surface area contributed by atoms with Crippen LogP contribution in [0, 0.1) is 18.3 Å². The Labute approximate surface area is 131 Å². The van der Waals surface area contributed by atoms with Crippen LogP contribution in [0.1, 0.15) is 70.9 Å². The van der Waals surface area contributed by atoms with Gasteiger partial charge >= 0.3 is 0 Å². The Balaban J connectivity index is 2.05. The van der Waals surface area contributed by atoms with Gasteiger partial charge in [0, 0.05) is 11.7 Å². The van der Waals surface area contributed by atoms with Crippen LogP contribution in [-0.4, -0.2) is 6.04 Å². The molecule has 1 saturated carbocycles. The average molecular weight is 287 g/mol. The summed E-state index contributed by atoms with van der Waals surface area (Å²) in [5.41, 5.74) is 4.73. The van der Waals surface area contributed by atoms with Crippen molar-refractivity contribution in [3.8, 4) is 0 Å². The Hall–Kier alpha value is -0.980. The number of rotatable bonds is 3. The zero-order valence-corrected chi connectivity index (χ0v) is 14.6. The van der Waals surface area contributed by atoms with Crippen LogP contribution >= 0.6 is 0 Å². The van der Waals surface area contributed by atoms with E-state index in [9.17, 15) is 0 Å². The summed E-state index contributed by atoms with van der Waals surface area (Å²) in [6, 6.07) is 7.34. The fraction of sp³-hybridized carbons (Fsp3) is 0.700. The number of hydrogen-bond donors (Lipinski definition) is 1. The average Bonchev–Trinajstić information content (AvgIpc) is 2.66. The van der Waals surface area contributed by atoms with E-state index in [1.165, 1.54) is 48.9 Å². The lowest BCUT2D eigenvalue weighted by molar-refractivity contribution is 0.214. The van der Waals surface area contributed by atoms with Crippen molar-refractivity contribution in [1.82, 2.24) is 0 Å². The molecule has 1 aromatic rings. The molecule has 0 saturated heterocycles. The molecule has 118 valence electrons. The molecular weight excluding hydrogens is 254 g/mol. The zero-order valence-electron chi connectivity index (χ0n) is 14.6. The van der Waals surface area contributed by atoms with Gasteiger partial charge in [-0.05, 0) is 61.5 Å². The molecule has 1 N–H and O–H groups in total.